The van der Waals surface area contributed by atoms with Gasteiger partial charge in [-0.05, 0) is 29.8 Å². The fourth-order valence-electron chi connectivity index (χ4n) is 1.68. The number of benzene rings is 1. The summed E-state index contributed by atoms with van der Waals surface area (Å²) in [4.78, 5) is 0.986. The maximum Gasteiger partial charge on any atom is 0.161 e. The second-order valence-electron chi connectivity index (χ2n) is 3.73. The van der Waals surface area contributed by atoms with Crippen LogP contribution in [0.2, 0.25) is 4.34 Å². The van der Waals surface area contributed by atoms with E-state index in [-0.39, 0.29) is 5.38 Å². The SMILES string of the molecule is COc1cc(Br)c(C(Cl)c2ccc(Cl)s2)cc1OC. The van der Waals surface area contributed by atoms with Crippen molar-refractivity contribution in [2.75, 3.05) is 14.2 Å². The number of ether oxygens (including phenoxy) is 2. The highest BCUT2D eigenvalue weighted by molar-refractivity contribution is 9.10. The van der Waals surface area contributed by atoms with Crippen LogP contribution in [0.1, 0.15) is 15.8 Å². The highest BCUT2D eigenvalue weighted by atomic mass is 79.9. The third kappa shape index (κ3) is 3.19. The zero-order valence-electron chi connectivity index (χ0n) is 10.2. The summed E-state index contributed by atoms with van der Waals surface area (Å²) in [6, 6.07) is 7.48. The lowest BCUT2D eigenvalue weighted by molar-refractivity contribution is 0.354. The van der Waals surface area contributed by atoms with Gasteiger partial charge in [0.2, 0.25) is 0 Å². The molecule has 0 aliphatic carbocycles. The van der Waals surface area contributed by atoms with Crippen LogP contribution in [0.4, 0.5) is 0 Å². The van der Waals surface area contributed by atoms with Gasteiger partial charge in [-0.15, -0.1) is 22.9 Å². The minimum atomic E-state index is -0.285. The van der Waals surface area contributed by atoms with Crippen LogP contribution < -0.4 is 9.47 Å². The minimum Gasteiger partial charge on any atom is -0.493 e. The molecule has 0 amide bonds. The van der Waals surface area contributed by atoms with Crippen molar-refractivity contribution in [1.29, 1.82) is 0 Å². The Balaban J connectivity index is 2.44. The molecule has 2 nitrogen and oxygen atoms in total. The topological polar surface area (TPSA) is 18.5 Å². The normalized spacial score (nSPS) is 12.3. The average molecular weight is 382 g/mol. The Morgan fingerprint density at radius 1 is 1.16 bits per heavy atom. The van der Waals surface area contributed by atoms with Crippen LogP contribution in [0.3, 0.4) is 0 Å². The molecule has 19 heavy (non-hydrogen) atoms. The first-order chi connectivity index (χ1) is 9.06. The molecule has 1 atom stereocenters. The second-order valence-corrected chi connectivity index (χ2v) is 6.77. The van der Waals surface area contributed by atoms with Crippen molar-refractivity contribution in [3.05, 3.63) is 43.5 Å². The van der Waals surface area contributed by atoms with Crippen LogP contribution in [0, 0.1) is 0 Å². The van der Waals surface area contributed by atoms with Gasteiger partial charge in [0.1, 0.15) is 0 Å². The standard InChI is InChI=1S/C13H11BrCl2O2S/c1-17-9-5-7(8(14)6-10(9)18-2)13(16)11-3-4-12(15)19-11/h3-6,13H,1-2H3. The molecule has 1 heterocycles. The summed E-state index contributed by atoms with van der Waals surface area (Å²) in [7, 11) is 3.20. The predicted molar refractivity (Wildman–Crippen MR) is 84.3 cm³/mol. The average Bonchev–Trinajstić information content (AvgIpc) is 2.84. The van der Waals surface area contributed by atoms with E-state index in [2.05, 4.69) is 15.9 Å². The van der Waals surface area contributed by atoms with Crippen molar-refractivity contribution in [3.8, 4) is 11.5 Å². The molecule has 1 unspecified atom stereocenters. The van der Waals surface area contributed by atoms with Gasteiger partial charge < -0.3 is 9.47 Å². The number of methoxy groups -OCH3 is 2. The van der Waals surface area contributed by atoms with E-state index in [0.717, 1.165) is 19.2 Å². The summed E-state index contributed by atoms with van der Waals surface area (Å²) in [6.45, 7) is 0. The molecule has 2 rings (SSSR count). The van der Waals surface area contributed by atoms with Crippen molar-refractivity contribution in [2.24, 2.45) is 0 Å². The molecule has 1 aromatic heterocycles. The molecular weight excluding hydrogens is 371 g/mol. The van der Waals surface area contributed by atoms with Crippen LogP contribution in [0.5, 0.6) is 11.5 Å². The van der Waals surface area contributed by atoms with E-state index in [1.807, 2.05) is 24.3 Å². The van der Waals surface area contributed by atoms with Crippen LogP contribution in [0.15, 0.2) is 28.7 Å². The van der Waals surface area contributed by atoms with Crippen LogP contribution in [-0.2, 0) is 0 Å². The fourth-order valence-corrected chi connectivity index (χ4v) is 3.81. The Hall–Kier alpha value is -0.420. The van der Waals surface area contributed by atoms with Crippen molar-refractivity contribution in [1.82, 2.24) is 0 Å². The lowest BCUT2D eigenvalue weighted by Crippen LogP contribution is -1.96. The molecule has 0 aliphatic rings. The van der Waals surface area contributed by atoms with Crippen molar-refractivity contribution < 1.29 is 9.47 Å². The van der Waals surface area contributed by atoms with Gasteiger partial charge >= 0.3 is 0 Å². The minimum absolute atomic E-state index is 0.285. The van der Waals surface area contributed by atoms with E-state index in [9.17, 15) is 0 Å². The number of rotatable bonds is 4. The van der Waals surface area contributed by atoms with Gasteiger partial charge in [0.05, 0.1) is 23.9 Å². The van der Waals surface area contributed by atoms with E-state index in [1.165, 1.54) is 11.3 Å². The number of thiophene rings is 1. The Kier molecular flexibility index (Phi) is 5.01. The van der Waals surface area contributed by atoms with Crippen molar-refractivity contribution in [2.45, 2.75) is 5.38 Å². The molecule has 1 aromatic carbocycles. The molecule has 0 radical (unpaired) electrons. The lowest BCUT2D eigenvalue weighted by Gasteiger charge is -2.14. The van der Waals surface area contributed by atoms with Crippen molar-refractivity contribution >= 4 is 50.5 Å². The molecular formula is C13H11BrCl2O2S. The molecule has 0 saturated heterocycles. The third-order valence-corrected chi connectivity index (χ3v) is 5.20. The van der Waals surface area contributed by atoms with Gasteiger partial charge in [-0.1, -0.05) is 27.5 Å². The maximum atomic E-state index is 6.50. The van der Waals surface area contributed by atoms with Gasteiger partial charge in [-0.3, -0.25) is 0 Å². The Labute approximate surface area is 134 Å². The van der Waals surface area contributed by atoms with Gasteiger partial charge in [-0.2, -0.15) is 0 Å². The fraction of sp³-hybridized carbons (Fsp3) is 0.231. The summed E-state index contributed by atoms with van der Waals surface area (Å²) < 4.78 is 12.1. The number of halogens is 3. The molecule has 0 aliphatic heterocycles. The Morgan fingerprint density at radius 3 is 2.32 bits per heavy atom. The molecule has 0 bridgehead atoms. The quantitative estimate of drug-likeness (QED) is 0.650. The van der Waals surface area contributed by atoms with E-state index in [4.69, 9.17) is 32.7 Å². The predicted octanol–water partition coefficient (Wildman–Crippen LogP) is 5.51. The van der Waals surface area contributed by atoms with E-state index in [1.54, 1.807) is 14.2 Å². The van der Waals surface area contributed by atoms with Crippen LogP contribution in [-0.4, -0.2) is 14.2 Å². The van der Waals surface area contributed by atoms with Gasteiger partial charge in [-0.25, -0.2) is 0 Å². The molecule has 6 heteroatoms. The highest BCUT2D eigenvalue weighted by Crippen LogP contribution is 2.42. The van der Waals surface area contributed by atoms with E-state index in [0.29, 0.717) is 11.5 Å². The number of hydrogen-bond acceptors (Lipinski definition) is 3. The molecule has 0 N–H and O–H groups in total. The van der Waals surface area contributed by atoms with Gasteiger partial charge in [0, 0.05) is 9.35 Å². The number of hydrogen-bond donors (Lipinski definition) is 0. The zero-order valence-corrected chi connectivity index (χ0v) is 14.2. The number of alkyl halides is 1. The summed E-state index contributed by atoms with van der Waals surface area (Å²) >= 11 is 17.4. The highest BCUT2D eigenvalue weighted by Gasteiger charge is 2.19. The first kappa shape index (κ1) is 15.0. The van der Waals surface area contributed by atoms with Crippen molar-refractivity contribution in [3.63, 3.8) is 0 Å². The van der Waals surface area contributed by atoms with E-state index < -0.39 is 0 Å². The molecule has 2 aromatic rings. The second kappa shape index (κ2) is 6.35. The first-order valence-corrected chi connectivity index (χ1v) is 7.80. The summed E-state index contributed by atoms with van der Waals surface area (Å²) in [5.74, 6) is 1.31. The summed E-state index contributed by atoms with van der Waals surface area (Å²) in [5, 5.41) is -0.285. The Morgan fingerprint density at radius 2 is 1.79 bits per heavy atom. The zero-order chi connectivity index (χ0) is 14.0. The summed E-state index contributed by atoms with van der Waals surface area (Å²) in [5.41, 5.74) is 0.915. The Bertz CT molecular complexity index is 586. The van der Waals surface area contributed by atoms with Gasteiger partial charge in [0.15, 0.2) is 11.5 Å². The van der Waals surface area contributed by atoms with E-state index >= 15 is 0 Å². The molecule has 102 valence electrons. The van der Waals surface area contributed by atoms with Gasteiger partial charge in [0.25, 0.3) is 0 Å². The smallest absolute Gasteiger partial charge is 0.161 e. The largest absolute Gasteiger partial charge is 0.493 e. The molecule has 0 fully saturated rings. The first-order valence-electron chi connectivity index (χ1n) is 5.37. The molecule has 0 spiro atoms. The lowest BCUT2D eigenvalue weighted by atomic mass is 10.1. The van der Waals surface area contributed by atoms with Crippen LogP contribution >= 0.6 is 50.5 Å². The maximum absolute atomic E-state index is 6.50. The van der Waals surface area contributed by atoms with Crippen LogP contribution in [0.25, 0.3) is 0 Å². The molecule has 0 saturated carbocycles. The summed E-state index contributed by atoms with van der Waals surface area (Å²) in [6.07, 6.45) is 0. The third-order valence-electron chi connectivity index (χ3n) is 2.62. The monoisotopic (exact) mass is 380 g/mol.